The summed E-state index contributed by atoms with van der Waals surface area (Å²) in [7, 11) is 0. The number of nitrogens with zero attached hydrogens (tertiary/aromatic N) is 3. The molecule has 16 heavy (non-hydrogen) atoms. The van der Waals surface area contributed by atoms with E-state index in [2.05, 4.69) is 20.5 Å². The van der Waals surface area contributed by atoms with Gasteiger partial charge in [-0.05, 0) is 0 Å². The zero-order valence-corrected chi connectivity index (χ0v) is 9.11. The Morgan fingerprint density at radius 3 is 2.81 bits per heavy atom. The summed E-state index contributed by atoms with van der Waals surface area (Å²) < 4.78 is 0. The molecule has 3 rings (SSSR count). The first-order chi connectivity index (χ1) is 7.84. The largest absolute Gasteiger partial charge is 0.346 e. The fraction of sp³-hybridized carbons (Fsp3) is 0.0909. The van der Waals surface area contributed by atoms with E-state index in [1.54, 1.807) is 0 Å². The fourth-order valence-electron chi connectivity index (χ4n) is 1.63. The predicted octanol–water partition coefficient (Wildman–Crippen LogP) is 2.04. The van der Waals surface area contributed by atoms with Gasteiger partial charge in [0.25, 0.3) is 0 Å². The van der Waals surface area contributed by atoms with Gasteiger partial charge in [0.1, 0.15) is 5.84 Å². The summed E-state index contributed by atoms with van der Waals surface area (Å²) in [5.41, 5.74) is 1.90. The van der Waals surface area contributed by atoms with Crippen molar-refractivity contribution in [2.24, 2.45) is 15.2 Å². The van der Waals surface area contributed by atoms with Gasteiger partial charge in [0.05, 0.1) is 5.57 Å². The molecule has 0 bridgehead atoms. The van der Waals surface area contributed by atoms with E-state index in [4.69, 9.17) is 12.2 Å². The molecule has 0 aliphatic carbocycles. The molecule has 1 N–H and O–H groups in total. The maximum absolute atomic E-state index is 5.03. The van der Waals surface area contributed by atoms with E-state index >= 15 is 0 Å². The highest BCUT2D eigenvalue weighted by Crippen LogP contribution is 2.22. The van der Waals surface area contributed by atoms with Gasteiger partial charge in [-0.2, -0.15) is 5.11 Å². The topological polar surface area (TPSA) is 49.1 Å². The molecule has 2 aliphatic heterocycles. The molecule has 1 aromatic rings. The van der Waals surface area contributed by atoms with Crippen LogP contribution in [0.4, 0.5) is 0 Å². The maximum atomic E-state index is 5.03. The monoisotopic (exact) mass is 228 g/mol. The molecule has 1 atom stereocenters. The average Bonchev–Trinajstić information content (AvgIpc) is 2.72. The van der Waals surface area contributed by atoms with E-state index in [0.29, 0.717) is 4.99 Å². The van der Waals surface area contributed by atoms with Gasteiger partial charge in [-0.3, -0.25) is 0 Å². The molecule has 0 spiro atoms. The van der Waals surface area contributed by atoms with E-state index in [0.717, 1.165) is 17.0 Å². The first-order valence-electron chi connectivity index (χ1n) is 4.89. The number of nitrogens with one attached hydrogen (secondary N) is 1. The van der Waals surface area contributed by atoms with Gasteiger partial charge in [-0.1, -0.05) is 42.5 Å². The quantitative estimate of drug-likeness (QED) is 0.748. The van der Waals surface area contributed by atoms with E-state index in [-0.39, 0.29) is 6.17 Å². The Kier molecular flexibility index (Phi) is 2.11. The van der Waals surface area contributed by atoms with Crippen LogP contribution in [0.15, 0.2) is 57.3 Å². The van der Waals surface area contributed by atoms with Crippen LogP contribution in [0.2, 0.25) is 0 Å². The lowest BCUT2D eigenvalue weighted by molar-refractivity contribution is 0.812. The molecule has 5 heteroatoms. The zero-order chi connectivity index (χ0) is 11.0. The normalized spacial score (nSPS) is 22.2. The summed E-state index contributed by atoms with van der Waals surface area (Å²) in [5.74, 6) is 0.804. The van der Waals surface area contributed by atoms with Crippen molar-refractivity contribution in [1.29, 1.82) is 0 Å². The van der Waals surface area contributed by atoms with Gasteiger partial charge in [0.15, 0.2) is 11.2 Å². The first-order valence-corrected chi connectivity index (χ1v) is 5.30. The van der Waals surface area contributed by atoms with Crippen molar-refractivity contribution in [2.45, 2.75) is 6.17 Å². The van der Waals surface area contributed by atoms with Crippen molar-refractivity contribution in [2.75, 3.05) is 0 Å². The summed E-state index contributed by atoms with van der Waals surface area (Å²) in [6.07, 6.45) is 1.58. The van der Waals surface area contributed by atoms with E-state index in [9.17, 15) is 0 Å². The Hall–Kier alpha value is -1.88. The number of hydrogen-bond acceptors (Lipinski definition) is 4. The van der Waals surface area contributed by atoms with Crippen molar-refractivity contribution in [3.63, 3.8) is 0 Å². The van der Waals surface area contributed by atoms with Gasteiger partial charge in [0, 0.05) is 11.8 Å². The molecule has 2 aliphatic rings. The third-order valence-electron chi connectivity index (χ3n) is 2.45. The van der Waals surface area contributed by atoms with Crippen molar-refractivity contribution >= 4 is 23.0 Å². The molecule has 1 unspecified atom stereocenters. The Balaban J connectivity index is 1.95. The Bertz CT molecular complexity index is 530. The van der Waals surface area contributed by atoms with Crippen LogP contribution in [-0.2, 0) is 0 Å². The second-order valence-corrected chi connectivity index (χ2v) is 3.87. The summed E-state index contributed by atoms with van der Waals surface area (Å²) in [6.45, 7) is 0. The third-order valence-corrected chi connectivity index (χ3v) is 2.76. The predicted molar refractivity (Wildman–Crippen MR) is 65.4 cm³/mol. The Morgan fingerprint density at radius 1 is 1.19 bits per heavy atom. The second-order valence-electron chi connectivity index (χ2n) is 3.48. The summed E-state index contributed by atoms with van der Waals surface area (Å²) in [4.78, 5) is 4.98. The number of azo groups is 1. The van der Waals surface area contributed by atoms with Gasteiger partial charge in [-0.15, -0.1) is 5.11 Å². The van der Waals surface area contributed by atoms with Crippen LogP contribution in [0.5, 0.6) is 0 Å². The van der Waals surface area contributed by atoms with E-state index in [1.807, 2.05) is 36.5 Å². The SMILES string of the molecule is S=C1N=NC2N=C(c3ccccc3)NC=C12. The number of rotatable bonds is 1. The molecule has 0 amide bonds. The van der Waals surface area contributed by atoms with Crippen LogP contribution in [-0.4, -0.2) is 17.0 Å². The number of amidine groups is 1. The average molecular weight is 228 g/mol. The molecule has 2 heterocycles. The van der Waals surface area contributed by atoms with E-state index in [1.165, 1.54) is 0 Å². The molecule has 0 saturated heterocycles. The van der Waals surface area contributed by atoms with Crippen LogP contribution >= 0.6 is 12.2 Å². The summed E-state index contributed by atoms with van der Waals surface area (Å²) >= 11 is 5.03. The minimum atomic E-state index is -0.260. The van der Waals surface area contributed by atoms with Crippen LogP contribution in [0.25, 0.3) is 0 Å². The fourth-order valence-corrected chi connectivity index (χ4v) is 1.84. The number of fused-ring (bicyclic) bond motifs is 1. The molecule has 0 fully saturated rings. The second kappa shape index (κ2) is 3.61. The van der Waals surface area contributed by atoms with E-state index < -0.39 is 0 Å². The molecule has 0 saturated carbocycles. The molecule has 0 radical (unpaired) electrons. The number of hydrogen-bond donors (Lipinski definition) is 1. The lowest BCUT2D eigenvalue weighted by Crippen LogP contribution is -2.27. The zero-order valence-electron chi connectivity index (χ0n) is 8.29. The molecular formula is C11H8N4S. The van der Waals surface area contributed by atoms with Crippen molar-refractivity contribution in [1.82, 2.24) is 5.32 Å². The molecule has 0 aromatic heterocycles. The summed E-state index contributed by atoms with van der Waals surface area (Å²) in [6, 6.07) is 9.90. The van der Waals surface area contributed by atoms with Crippen LogP contribution in [0.1, 0.15) is 5.56 Å². The van der Waals surface area contributed by atoms with Gasteiger partial charge < -0.3 is 5.32 Å². The smallest absolute Gasteiger partial charge is 0.192 e. The Morgan fingerprint density at radius 2 is 2.00 bits per heavy atom. The Labute approximate surface area is 97.8 Å². The number of benzene rings is 1. The minimum absolute atomic E-state index is 0.260. The van der Waals surface area contributed by atoms with Crippen LogP contribution in [0.3, 0.4) is 0 Å². The molecule has 4 nitrogen and oxygen atoms in total. The van der Waals surface area contributed by atoms with Crippen molar-refractivity contribution in [3.05, 3.63) is 47.7 Å². The third kappa shape index (κ3) is 1.45. The highest BCUT2D eigenvalue weighted by Gasteiger charge is 2.26. The first kappa shape index (κ1) is 9.35. The standard InChI is InChI=1S/C11H8N4S/c16-11-8-6-12-9(13-10(8)14-15-11)7-4-2-1-3-5-7/h1-6,10H,(H,12,13). The highest BCUT2D eigenvalue weighted by atomic mass is 32.1. The maximum Gasteiger partial charge on any atom is 0.192 e. The number of thiocarbonyl (C=S) groups is 1. The molecule has 78 valence electrons. The number of aliphatic imine (C=N–C) groups is 1. The molecule has 1 aromatic carbocycles. The van der Waals surface area contributed by atoms with Gasteiger partial charge in [-0.25, -0.2) is 4.99 Å². The van der Waals surface area contributed by atoms with Crippen molar-refractivity contribution in [3.8, 4) is 0 Å². The minimum Gasteiger partial charge on any atom is -0.346 e. The lowest BCUT2D eigenvalue weighted by atomic mass is 10.1. The van der Waals surface area contributed by atoms with Crippen LogP contribution in [0, 0.1) is 0 Å². The van der Waals surface area contributed by atoms with Gasteiger partial charge >= 0.3 is 0 Å². The molecular weight excluding hydrogens is 220 g/mol. The summed E-state index contributed by atoms with van der Waals surface area (Å²) in [5, 5.41) is 11.0. The van der Waals surface area contributed by atoms with Gasteiger partial charge in [0.2, 0.25) is 0 Å². The highest BCUT2D eigenvalue weighted by molar-refractivity contribution is 7.80. The lowest BCUT2D eigenvalue weighted by Gasteiger charge is -2.15. The van der Waals surface area contributed by atoms with Crippen LogP contribution < -0.4 is 5.32 Å². The van der Waals surface area contributed by atoms with Crippen molar-refractivity contribution < 1.29 is 0 Å².